The van der Waals surface area contributed by atoms with E-state index in [1.807, 2.05) is 61.5 Å². The molecule has 4 rings (SSSR count). The van der Waals surface area contributed by atoms with Gasteiger partial charge in [0.25, 0.3) is 11.7 Å². The molecule has 0 spiro atoms. The molecule has 1 atom stereocenters. The van der Waals surface area contributed by atoms with Crippen molar-refractivity contribution >= 4 is 17.4 Å². The Morgan fingerprint density at radius 3 is 2.23 bits per heavy atom. The largest absolute Gasteiger partial charge is 0.507 e. The molecule has 3 aromatic carbocycles. The molecule has 0 bridgehead atoms. The highest BCUT2D eigenvalue weighted by molar-refractivity contribution is 6.46. The monoisotopic (exact) mass is 528 g/mol. The molecule has 7 nitrogen and oxygen atoms in total. The van der Waals surface area contributed by atoms with Crippen molar-refractivity contribution in [3.63, 3.8) is 0 Å². The zero-order valence-corrected chi connectivity index (χ0v) is 23.0. The molecule has 39 heavy (non-hydrogen) atoms. The Bertz CT molecular complexity index is 1330. The van der Waals surface area contributed by atoms with Gasteiger partial charge in [-0.15, -0.1) is 0 Å². The molecule has 1 aliphatic heterocycles. The van der Waals surface area contributed by atoms with Crippen LogP contribution in [-0.2, 0) is 16.2 Å². The van der Waals surface area contributed by atoms with Crippen LogP contribution in [0.4, 0.5) is 0 Å². The first-order valence-corrected chi connectivity index (χ1v) is 13.3. The number of carbonyl (C=O) groups is 2. The SMILES string of the molecule is CCN(CC)CCN1C(=O)C(=O)/C(=C(/O)c2ccc(OC)cc2C)C1c1ccc(OCc2ccccc2)cc1. The quantitative estimate of drug-likeness (QED) is 0.205. The number of ether oxygens (including phenoxy) is 2. The summed E-state index contributed by atoms with van der Waals surface area (Å²) in [4.78, 5) is 30.5. The third-order valence-electron chi connectivity index (χ3n) is 7.22. The van der Waals surface area contributed by atoms with E-state index in [2.05, 4.69) is 18.7 Å². The number of aliphatic hydroxyl groups excluding tert-OH is 1. The van der Waals surface area contributed by atoms with Crippen molar-refractivity contribution in [2.24, 2.45) is 0 Å². The Hall–Kier alpha value is -4.10. The molecule has 7 heteroatoms. The van der Waals surface area contributed by atoms with Gasteiger partial charge in [-0.2, -0.15) is 0 Å². The zero-order chi connectivity index (χ0) is 27.9. The number of hydrogen-bond acceptors (Lipinski definition) is 6. The maximum Gasteiger partial charge on any atom is 0.295 e. The minimum absolute atomic E-state index is 0.0887. The summed E-state index contributed by atoms with van der Waals surface area (Å²) in [6.45, 7) is 9.05. The maximum atomic E-state index is 13.4. The van der Waals surface area contributed by atoms with Gasteiger partial charge in [-0.3, -0.25) is 9.59 Å². The number of ketones is 1. The van der Waals surface area contributed by atoms with Crippen LogP contribution in [0.3, 0.4) is 0 Å². The van der Waals surface area contributed by atoms with E-state index in [0.29, 0.717) is 36.8 Å². The van der Waals surface area contributed by atoms with E-state index in [4.69, 9.17) is 9.47 Å². The van der Waals surface area contributed by atoms with Crippen LogP contribution < -0.4 is 9.47 Å². The molecule has 0 saturated carbocycles. The molecule has 204 valence electrons. The summed E-state index contributed by atoms with van der Waals surface area (Å²) in [5.41, 5.74) is 3.11. The fraction of sp³-hybridized carbons (Fsp3) is 0.312. The summed E-state index contributed by atoms with van der Waals surface area (Å²) in [5, 5.41) is 11.4. The van der Waals surface area contributed by atoms with Crippen LogP contribution in [0.2, 0.25) is 0 Å². The average molecular weight is 529 g/mol. The first-order valence-electron chi connectivity index (χ1n) is 13.3. The van der Waals surface area contributed by atoms with Gasteiger partial charge in [0.2, 0.25) is 0 Å². The molecule has 0 aliphatic carbocycles. The molecule has 1 saturated heterocycles. The molecule has 1 fully saturated rings. The van der Waals surface area contributed by atoms with Gasteiger partial charge in [0.15, 0.2) is 0 Å². The van der Waals surface area contributed by atoms with Gasteiger partial charge < -0.3 is 24.4 Å². The Morgan fingerprint density at radius 2 is 1.62 bits per heavy atom. The van der Waals surface area contributed by atoms with Gasteiger partial charge in [-0.25, -0.2) is 0 Å². The minimum Gasteiger partial charge on any atom is -0.507 e. The predicted molar refractivity (Wildman–Crippen MR) is 152 cm³/mol. The van der Waals surface area contributed by atoms with Crippen molar-refractivity contribution in [1.82, 2.24) is 9.80 Å². The normalized spacial score (nSPS) is 16.6. The lowest BCUT2D eigenvalue weighted by Gasteiger charge is -2.28. The number of hydrogen-bond donors (Lipinski definition) is 1. The Kier molecular flexibility index (Phi) is 9.04. The van der Waals surface area contributed by atoms with Gasteiger partial charge in [-0.1, -0.05) is 56.3 Å². The van der Waals surface area contributed by atoms with Gasteiger partial charge >= 0.3 is 0 Å². The molecule has 1 N–H and O–H groups in total. The number of aryl methyl sites for hydroxylation is 1. The third-order valence-corrected chi connectivity index (χ3v) is 7.22. The number of nitrogens with zero attached hydrogens (tertiary/aromatic N) is 2. The number of benzene rings is 3. The summed E-state index contributed by atoms with van der Waals surface area (Å²) in [7, 11) is 1.57. The van der Waals surface area contributed by atoms with E-state index in [-0.39, 0.29) is 11.3 Å². The lowest BCUT2D eigenvalue weighted by molar-refractivity contribution is -0.140. The summed E-state index contributed by atoms with van der Waals surface area (Å²) in [6.07, 6.45) is 0. The lowest BCUT2D eigenvalue weighted by atomic mass is 9.94. The van der Waals surface area contributed by atoms with Crippen molar-refractivity contribution in [1.29, 1.82) is 0 Å². The summed E-state index contributed by atoms with van der Waals surface area (Å²) in [5.74, 6) is -0.158. The lowest BCUT2D eigenvalue weighted by Crippen LogP contribution is -2.38. The van der Waals surface area contributed by atoms with Crippen molar-refractivity contribution in [3.8, 4) is 11.5 Å². The number of aliphatic hydroxyl groups is 1. The fourth-order valence-electron chi connectivity index (χ4n) is 4.91. The molecule has 3 aromatic rings. The first kappa shape index (κ1) is 27.9. The van der Waals surface area contributed by atoms with Crippen LogP contribution in [0.5, 0.6) is 11.5 Å². The number of likely N-dealkylation sites (N-methyl/N-ethyl adjacent to an activating group) is 1. The summed E-state index contributed by atoms with van der Waals surface area (Å²) in [6, 6.07) is 21.8. The van der Waals surface area contributed by atoms with Crippen LogP contribution in [0.25, 0.3) is 5.76 Å². The van der Waals surface area contributed by atoms with Crippen molar-refractivity contribution in [3.05, 3.63) is 101 Å². The smallest absolute Gasteiger partial charge is 0.295 e. The second kappa shape index (κ2) is 12.6. The number of likely N-dealkylation sites (tertiary alicyclic amines) is 1. The highest BCUT2D eigenvalue weighted by atomic mass is 16.5. The highest BCUT2D eigenvalue weighted by Crippen LogP contribution is 2.40. The fourth-order valence-corrected chi connectivity index (χ4v) is 4.91. The van der Waals surface area contributed by atoms with Crippen molar-refractivity contribution < 1.29 is 24.2 Å². The van der Waals surface area contributed by atoms with E-state index in [0.717, 1.165) is 29.8 Å². The maximum absolute atomic E-state index is 13.4. The van der Waals surface area contributed by atoms with E-state index in [1.54, 1.807) is 30.2 Å². The van der Waals surface area contributed by atoms with E-state index < -0.39 is 17.7 Å². The number of amides is 1. The Labute approximate surface area is 230 Å². The number of Topliss-reactive ketones (excluding diaryl/α,β-unsaturated/α-hetero) is 1. The van der Waals surface area contributed by atoms with E-state index >= 15 is 0 Å². The van der Waals surface area contributed by atoms with Gasteiger partial charge in [0.1, 0.15) is 23.9 Å². The molecule has 1 heterocycles. The van der Waals surface area contributed by atoms with Gasteiger partial charge in [0.05, 0.1) is 18.7 Å². The highest BCUT2D eigenvalue weighted by Gasteiger charge is 2.46. The van der Waals surface area contributed by atoms with Crippen LogP contribution in [0, 0.1) is 6.92 Å². The van der Waals surface area contributed by atoms with Crippen molar-refractivity contribution in [2.75, 3.05) is 33.3 Å². The van der Waals surface area contributed by atoms with Crippen LogP contribution in [0.1, 0.15) is 42.1 Å². The average Bonchev–Trinajstić information content (AvgIpc) is 3.22. The Morgan fingerprint density at radius 1 is 0.949 bits per heavy atom. The van der Waals surface area contributed by atoms with E-state index in [1.165, 1.54) is 0 Å². The topological polar surface area (TPSA) is 79.3 Å². The molecule has 1 unspecified atom stereocenters. The van der Waals surface area contributed by atoms with Crippen molar-refractivity contribution in [2.45, 2.75) is 33.4 Å². The molecule has 1 amide bonds. The van der Waals surface area contributed by atoms with Crippen LogP contribution in [0.15, 0.2) is 78.4 Å². The third kappa shape index (κ3) is 6.15. The van der Waals surface area contributed by atoms with Gasteiger partial charge in [0, 0.05) is 18.7 Å². The number of methoxy groups -OCH3 is 1. The minimum atomic E-state index is -0.717. The predicted octanol–water partition coefficient (Wildman–Crippen LogP) is 5.35. The number of carbonyl (C=O) groups excluding carboxylic acids is 2. The second-order valence-electron chi connectivity index (χ2n) is 9.54. The van der Waals surface area contributed by atoms with Crippen LogP contribution >= 0.6 is 0 Å². The second-order valence-corrected chi connectivity index (χ2v) is 9.54. The number of rotatable bonds is 11. The Balaban J connectivity index is 1.70. The molecular formula is C32H36N2O5. The van der Waals surface area contributed by atoms with Gasteiger partial charge in [-0.05, 0) is 67.0 Å². The standard InChI is InChI=1S/C32H36N2O5/c1-5-33(6-2)18-19-34-29(24-12-14-25(15-13-24)39-21-23-10-8-7-9-11-23)28(31(36)32(34)37)30(35)27-17-16-26(38-4)20-22(27)3/h7-17,20,29,35H,5-6,18-19,21H2,1-4H3/b30-28+. The summed E-state index contributed by atoms with van der Waals surface area (Å²) >= 11 is 0. The van der Waals surface area contributed by atoms with Crippen LogP contribution in [-0.4, -0.2) is 59.9 Å². The molecule has 0 radical (unpaired) electrons. The molecular weight excluding hydrogens is 492 g/mol. The zero-order valence-electron chi connectivity index (χ0n) is 23.0. The summed E-state index contributed by atoms with van der Waals surface area (Å²) < 4.78 is 11.2. The molecule has 1 aliphatic rings. The first-order chi connectivity index (χ1) is 18.9. The molecule has 0 aromatic heterocycles. The van der Waals surface area contributed by atoms with E-state index in [9.17, 15) is 14.7 Å².